The van der Waals surface area contributed by atoms with Crippen molar-refractivity contribution in [3.63, 3.8) is 0 Å². The number of aliphatic carboxylic acids is 1. The monoisotopic (exact) mass is 701 g/mol. The van der Waals surface area contributed by atoms with Gasteiger partial charge >= 0.3 is 24.2 Å². The van der Waals surface area contributed by atoms with E-state index in [-0.39, 0.29) is 54.2 Å². The van der Waals surface area contributed by atoms with Crippen LogP contribution in [0.1, 0.15) is 79.9 Å². The van der Waals surface area contributed by atoms with Crippen LogP contribution in [-0.4, -0.2) is 89.4 Å². The van der Waals surface area contributed by atoms with Crippen molar-refractivity contribution in [1.29, 1.82) is 0 Å². The molecule has 1 aliphatic heterocycles. The Balaban J connectivity index is 1.76. The molecule has 0 unspecified atom stereocenters. The zero-order chi connectivity index (χ0) is 37.4. The molecule has 3 aromatic rings. The standard InChI is InChI=1S/C33H44FN7O9/c1-30(2,3)48-27(45)38-33(26(43)44)12-13-39(16-33)22-11-10-21(34)20(15-42)19(22)14-40-18-37-23-24(40)35-17-36-25(23)41(28(46)49-31(4,5)6)29(47)50-32(7,8)9/h10-11,17-18,42H,12-16H2,1-9H3,(H,38,45)(H,43,44)/t33-/m1/s1. The molecule has 1 saturated heterocycles. The van der Waals surface area contributed by atoms with Gasteiger partial charge in [-0.3, -0.25) is 0 Å². The number of amides is 3. The number of hydrogen-bond acceptors (Lipinski definition) is 12. The molecule has 1 aromatic carbocycles. The number of imidazole rings is 1. The van der Waals surface area contributed by atoms with E-state index in [1.807, 2.05) is 0 Å². The first kappa shape index (κ1) is 37.8. The SMILES string of the molecule is CC(C)(C)OC(=O)N[C@]1(C(=O)O)CCN(c2ccc(F)c(CO)c2Cn2cnc3c(N(C(=O)OC(C)(C)C)C(=O)OC(C)(C)C)ncnc32)C1. The smallest absolute Gasteiger partial charge is 0.425 e. The Morgan fingerprint density at radius 3 is 2.06 bits per heavy atom. The molecule has 3 N–H and O–H groups in total. The van der Waals surface area contributed by atoms with E-state index in [1.54, 1.807) is 67.2 Å². The first-order valence-corrected chi connectivity index (χ1v) is 15.9. The van der Waals surface area contributed by atoms with Crippen molar-refractivity contribution in [3.8, 4) is 0 Å². The number of carboxylic acids is 1. The summed E-state index contributed by atoms with van der Waals surface area (Å²) in [5, 5.41) is 23.0. The highest BCUT2D eigenvalue weighted by Crippen LogP contribution is 2.35. The number of hydrogen-bond donors (Lipinski definition) is 3. The molecule has 0 saturated carbocycles. The molecule has 1 atom stereocenters. The summed E-state index contributed by atoms with van der Waals surface area (Å²) < 4.78 is 32.9. The molecule has 3 heterocycles. The van der Waals surface area contributed by atoms with Gasteiger partial charge in [0.05, 0.1) is 26.0 Å². The van der Waals surface area contributed by atoms with E-state index in [0.717, 1.165) is 12.4 Å². The number of carbonyl (C=O) groups excluding carboxylic acids is 3. The Labute approximate surface area is 288 Å². The number of alkyl carbamates (subject to hydrolysis) is 1. The van der Waals surface area contributed by atoms with Crippen LogP contribution in [-0.2, 0) is 32.2 Å². The van der Waals surface area contributed by atoms with Gasteiger partial charge in [0.15, 0.2) is 22.5 Å². The van der Waals surface area contributed by atoms with Gasteiger partial charge in [0.25, 0.3) is 0 Å². The van der Waals surface area contributed by atoms with Gasteiger partial charge < -0.3 is 39.2 Å². The van der Waals surface area contributed by atoms with Crippen LogP contribution in [0.2, 0.25) is 0 Å². The minimum atomic E-state index is -1.72. The lowest BCUT2D eigenvalue weighted by Gasteiger charge is -2.29. The van der Waals surface area contributed by atoms with Gasteiger partial charge in [0.1, 0.15) is 28.9 Å². The number of aliphatic hydroxyl groups is 1. The number of aromatic nitrogens is 4. The Morgan fingerprint density at radius 2 is 1.52 bits per heavy atom. The van der Waals surface area contributed by atoms with E-state index in [4.69, 9.17) is 14.2 Å². The maximum absolute atomic E-state index is 15.2. The first-order valence-electron chi connectivity index (χ1n) is 15.9. The van der Waals surface area contributed by atoms with E-state index in [1.165, 1.54) is 17.0 Å². The molecule has 4 rings (SSSR count). The highest BCUT2D eigenvalue weighted by Gasteiger charge is 2.48. The minimum Gasteiger partial charge on any atom is -0.479 e. The molecule has 272 valence electrons. The first-order chi connectivity index (χ1) is 23.0. The lowest BCUT2D eigenvalue weighted by molar-refractivity contribution is -0.143. The Bertz CT molecular complexity index is 1760. The Kier molecular flexibility index (Phi) is 10.3. The summed E-state index contributed by atoms with van der Waals surface area (Å²) in [6, 6.07) is 2.62. The molecule has 50 heavy (non-hydrogen) atoms. The molecular formula is C33H44FN7O9. The summed E-state index contributed by atoms with van der Waals surface area (Å²) in [5.41, 5.74) is -3.78. The number of ether oxygens (including phenoxy) is 3. The molecule has 1 fully saturated rings. The number of halogens is 1. The zero-order valence-corrected chi connectivity index (χ0v) is 29.7. The Hall–Kier alpha value is -5.06. The van der Waals surface area contributed by atoms with Gasteiger partial charge in [-0.1, -0.05) is 0 Å². The van der Waals surface area contributed by atoms with Crippen LogP contribution in [0.25, 0.3) is 11.2 Å². The number of fused-ring (bicyclic) bond motifs is 1. The molecule has 1 aliphatic rings. The van der Waals surface area contributed by atoms with E-state index in [2.05, 4.69) is 20.3 Å². The van der Waals surface area contributed by atoms with Crippen LogP contribution in [0, 0.1) is 5.82 Å². The maximum Gasteiger partial charge on any atom is 0.425 e. The molecule has 0 bridgehead atoms. The van der Waals surface area contributed by atoms with Gasteiger partial charge in [0.2, 0.25) is 0 Å². The number of nitrogens with zero attached hydrogens (tertiary/aromatic N) is 6. The van der Waals surface area contributed by atoms with Crippen LogP contribution in [0.5, 0.6) is 0 Å². The summed E-state index contributed by atoms with van der Waals surface area (Å²) in [4.78, 5) is 67.0. The van der Waals surface area contributed by atoms with E-state index >= 15 is 4.39 Å². The van der Waals surface area contributed by atoms with E-state index in [9.17, 15) is 29.4 Å². The number of anilines is 2. The van der Waals surface area contributed by atoms with Crippen molar-refractivity contribution in [2.75, 3.05) is 22.9 Å². The summed E-state index contributed by atoms with van der Waals surface area (Å²) in [6.07, 6.45) is -0.566. The van der Waals surface area contributed by atoms with Crippen molar-refractivity contribution < 1.29 is 48.0 Å². The predicted octanol–water partition coefficient (Wildman–Crippen LogP) is 4.74. The fourth-order valence-corrected chi connectivity index (χ4v) is 5.32. The average Bonchev–Trinajstić information content (AvgIpc) is 3.56. The van der Waals surface area contributed by atoms with Crippen molar-refractivity contribution in [2.24, 2.45) is 0 Å². The average molecular weight is 702 g/mol. The second-order valence-electron chi connectivity index (χ2n) is 14.9. The third kappa shape index (κ3) is 8.56. The molecule has 3 amide bonds. The topological polar surface area (TPSA) is 199 Å². The summed E-state index contributed by atoms with van der Waals surface area (Å²) in [7, 11) is 0. The third-order valence-electron chi connectivity index (χ3n) is 7.34. The number of carbonyl (C=O) groups is 4. The van der Waals surface area contributed by atoms with Crippen LogP contribution in [0.4, 0.5) is 30.3 Å². The van der Waals surface area contributed by atoms with Crippen LogP contribution < -0.4 is 15.1 Å². The van der Waals surface area contributed by atoms with E-state index < -0.39 is 59.0 Å². The summed E-state index contributed by atoms with van der Waals surface area (Å²) >= 11 is 0. The van der Waals surface area contributed by atoms with Crippen molar-refractivity contribution in [1.82, 2.24) is 24.8 Å². The second kappa shape index (κ2) is 13.7. The number of nitrogens with one attached hydrogen (secondary N) is 1. The third-order valence-corrected chi connectivity index (χ3v) is 7.34. The molecule has 16 nitrogen and oxygen atoms in total. The summed E-state index contributed by atoms with van der Waals surface area (Å²) in [6.45, 7) is 13.9. The number of imide groups is 1. The molecular weight excluding hydrogens is 657 g/mol. The molecule has 2 aromatic heterocycles. The van der Waals surface area contributed by atoms with Gasteiger partial charge in [-0.2, -0.15) is 4.90 Å². The molecule has 0 radical (unpaired) electrons. The van der Waals surface area contributed by atoms with Gasteiger partial charge in [-0.05, 0) is 74.4 Å². The van der Waals surface area contributed by atoms with Crippen LogP contribution >= 0.6 is 0 Å². The second-order valence-corrected chi connectivity index (χ2v) is 14.9. The van der Waals surface area contributed by atoms with Crippen LogP contribution in [0.15, 0.2) is 24.8 Å². The number of aliphatic hydroxyl groups excluding tert-OH is 1. The molecule has 17 heteroatoms. The normalized spacial score (nSPS) is 16.7. The zero-order valence-electron chi connectivity index (χ0n) is 29.7. The van der Waals surface area contributed by atoms with Crippen molar-refractivity contribution >= 4 is 46.9 Å². The highest BCUT2D eigenvalue weighted by molar-refractivity contribution is 6.12. The Morgan fingerprint density at radius 1 is 0.920 bits per heavy atom. The van der Waals surface area contributed by atoms with E-state index in [0.29, 0.717) is 10.6 Å². The van der Waals surface area contributed by atoms with Crippen LogP contribution in [0.3, 0.4) is 0 Å². The molecule has 0 spiro atoms. The fourth-order valence-electron chi connectivity index (χ4n) is 5.32. The fraction of sp³-hybridized carbons (Fsp3) is 0.545. The quantitative estimate of drug-likeness (QED) is 0.286. The lowest BCUT2D eigenvalue weighted by Crippen LogP contribution is -2.57. The molecule has 0 aliphatic carbocycles. The number of rotatable bonds is 7. The van der Waals surface area contributed by atoms with Gasteiger partial charge in [-0.15, -0.1) is 0 Å². The van der Waals surface area contributed by atoms with Gasteiger partial charge in [-0.25, -0.2) is 38.5 Å². The summed E-state index contributed by atoms with van der Waals surface area (Å²) in [5.74, 6) is -2.21. The minimum absolute atomic E-state index is 0.00259. The predicted molar refractivity (Wildman–Crippen MR) is 178 cm³/mol. The number of carboxylic acid groups (broad SMARTS) is 1. The van der Waals surface area contributed by atoms with Crippen molar-refractivity contribution in [2.45, 2.75) is 104 Å². The maximum atomic E-state index is 15.2. The number of benzene rings is 1. The largest absolute Gasteiger partial charge is 0.479 e. The van der Waals surface area contributed by atoms with Gasteiger partial charge in [0, 0.05) is 29.8 Å². The highest BCUT2D eigenvalue weighted by atomic mass is 19.1. The van der Waals surface area contributed by atoms with Crippen molar-refractivity contribution in [3.05, 3.63) is 41.7 Å². The lowest BCUT2D eigenvalue weighted by atomic mass is 9.99.